The largest absolute Gasteiger partial charge is 0.506 e. The van der Waals surface area contributed by atoms with E-state index in [2.05, 4.69) is 9.98 Å². The number of aromatic hydroxyl groups is 1. The van der Waals surface area contributed by atoms with Gasteiger partial charge in [-0.3, -0.25) is 4.99 Å². The molecule has 3 rings (SSSR count). The maximum absolute atomic E-state index is 11.8. The van der Waals surface area contributed by atoms with Gasteiger partial charge in [-0.05, 0) is 24.3 Å². The summed E-state index contributed by atoms with van der Waals surface area (Å²) in [4.78, 5) is 20.5. The predicted molar refractivity (Wildman–Crippen MR) is 81.0 cm³/mol. The maximum atomic E-state index is 11.8. The molecule has 0 aliphatic carbocycles. The number of rotatable bonds is 2. The van der Waals surface area contributed by atoms with Gasteiger partial charge in [0, 0.05) is 15.6 Å². The summed E-state index contributed by atoms with van der Waals surface area (Å²) in [6.45, 7) is 0. The van der Waals surface area contributed by atoms with Crippen molar-refractivity contribution >= 4 is 29.2 Å². The summed E-state index contributed by atoms with van der Waals surface area (Å²) in [5.74, 6) is -0.600. The topological polar surface area (TPSA) is 71.2 Å². The number of benzene rings is 2. The van der Waals surface area contributed by atoms with Crippen molar-refractivity contribution in [1.82, 2.24) is 0 Å². The number of carbonyl (C=O) groups excluding carboxylic acids is 1. The zero-order chi connectivity index (χ0) is 15.9. The molecule has 1 aliphatic heterocycles. The van der Waals surface area contributed by atoms with Crippen LogP contribution in [-0.2, 0) is 4.74 Å². The number of phenolic OH excluding ortho intramolecular Hbond substituents is 1. The van der Waals surface area contributed by atoms with Crippen molar-refractivity contribution in [3.63, 3.8) is 0 Å². The van der Waals surface area contributed by atoms with Crippen LogP contribution in [-0.4, -0.2) is 18.2 Å². The first-order valence-corrected chi connectivity index (χ1v) is 7.08. The van der Waals surface area contributed by atoms with Crippen LogP contribution in [0.1, 0.15) is 22.1 Å². The lowest BCUT2D eigenvalue weighted by molar-refractivity contribution is 0.0598. The van der Waals surface area contributed by atoms with Gasteiger partial charge in [0.25, 0.3) is 0 Å². The summed E-state index contributed by atoms with van der Waals surface area (Å²) in [5.41, 5.74) is 0.879. The molecule has 2 aromatic rings. The molecule has 22 heavy (non-hydrogen) atoms. The monoisotopic (exact) mass is 336 g/mol. The Kier molecular flexibility index (Phi) is 3.76. The molecule has 1 heterocycles. The minimum Gasteiger partial charge on any atom is -0.506 e. The molecule has 0 fully saturated rings. The van der Waals surface area contributed by atoms with Gasteiger partial charge in [0.1, 0.15) is 16.5 Å². The number of nitrogens with zero attached hydrogens (tertiary/aromatic N) is 2. The SMILES string of the molecule is COC(=O)c1ccc(O)c2c1=NC(c1ccc(Cl)cc1Cl)N=2. The smallest absolute Gasteiger partial charge is 0.340 e. The molecule has 0 bridgehead atoms. The van der Waals surface area contributed by atoms with Gasteiger partial charge in [0.15, 0.2) is 6.17 Å². The number of carbonyl (C=O) groups is 1. The Bertz CT molecular complexity index is 896. The first kappa shape index (κ1) is 14.8. The van der Waals surface area contributed by atoms with Crippen molar-refractivity contribution in [2.75, 3.05) is 7.11 Å². The van der Waals surface area contributed by atoms with E-state index in [0.717, 1.165) is 0 Å². The first-order valence-electron chi connectivity index (χ1n) is 6.32. The van der Waals surface area contributed by atoms with Gasteiger partial charge in [-0.2, -0.15) is 0 Å². The average molecular weight is 337 g/mol. The van der Waals surface area contributed by atoms with Gasteiger partial charge >= 0.3 is 5.97 Å². The highest BCUT2D eigenvalue weighted by atomic mass is 35.5. The Morgan fingerprint density at radius 1 is 1.18 bits per heavy atom. The predicted octanol–water partition coefficient (Wildman–Crippen LogP) is 2.44. The summed E-state index contributed by atoms with van der Waals surface area (Å²) in [7, 11) is 1.28. The fraction of sp³-hybridized carbons (Fsp3) is 0.133. The Hall–Kier alpha value is -2.11. The number of phenols is 1. The van der Waals surface area contributed by atoms with Crippen LogP contribution in [0.5, 0.6) is 5.75 Å². The number of esters is 1. The molecular formula is C15H10Cl2N2O3. The van der Waals surface area contributed by atoms with Crippen molar-refractivity contribution < 1.29 is 14.6 Å². The second-order valence-electron chi connectivity index (χ2n) is 4.62. The molecular weight excluding hydrogens is 327 g/mol. The molecule has 5 nitrogen and oxygen atoms in total. The Balaban J connectivity index is 2.19. The zero-order valence-electron chi connectivity index (χ0n) is 11.4. The highest BCUT2D eigenvalue weighted by Gasteiger charge is 2.21. The summed E-state index contributed by atoms with van der Waals surface area (Å²) >= 11 is 12.0. The van der Waals surface area contributed by atoms with Crippen molar-refractivity contribution in [3.05, 3.63) is 62.2 Å². The van der Waals surface area contributed by atoms with Crippen LogP contribution in [0.15, 0.2) is 40.3 Å². The van der Waals surface area contributed by atoms with E-state index in [0.29, 0.717) is 21.0 Å². The van der Waals surface area contributed by atoms with Gasteiger partial charge < -0.3 is 9.84 Å². The van der Waals surface area contributed by atoms with E-state index in [1.165, 1.54) is 19.2 Å². The number of methoxy groups -OCH3 is 1. The quantitative estimate of drug-likeness (QED) is 0.856. The number of fused-ring (bicyclic) bond motifs is 1. The highest BCUT2D eigenvalue weighted by molar-refractivity contribution is 6.35. The minimum atomic E-state index is -0.642. The molecule has 1 atom stereocenters. The number of halogens is 2. The van der Waals surface area contributed by atoms with E-state index in [1.807, 2.05) is 0 Å². The van der Waals surface area contributed by atoms with E-state index in [9.17, 15) is 9.90 Å². The standard InChI is InChI=1S/C15H10Cl2N2O3/c1-22-15(21)9-4-5-11(20)13-12(9)18-14(19-13)8-3-2-7(16)6-10(8)17/h2-6,14,20H,1H3. The normalized spacial score (nSPS) is 15.7. The van der Waals surface area contributed by atoms with E-state index in [4.69, 9.17) is 27.9 Å². The van der Waals surface area contributed by atoms with Crippen molar-refractivity contribution in [2.45, 2.75) is 6.17 Å². The molecule has 0 amide bonds. The van der Waals surface area contributed by atoms with Crippen LogP contribution in [0.25, 0.3) is 0 Å². The van der Waals surface area contributed by atoms with Gasteiger partial charge in [-0.1, -0.05) is 29.3 Å². The summed E-state index contributed by atoms with van der Waals surface area (Å²) < 4.78 is 4.72. The van der Waals surface area contributed by atoms with E-state index >= 15 is 0 Å². The minimum absolute atomic E-state index is 0.0565. The van der Waals surface area contributed by atoms with Gasteiger partial charge in [-0.25, -0.2) is 9.79 Å². The van der Waals surface area contributed by atoms with Gasteiger partial charge in [-0.15, -0.1) is 0 Å². The molecule has 112 valence electrons. The fourth-order valence-corrected chi connectivity index (χ4v) is 2.73. The van der Waals surface area contributed by atoms with Crippen molar-refractivity contribution in [2.24, 2.45) is 9.98 Å². The molecule has 0 spiro atoms. The second-order valence-corrected chi connectivity index (χ2v) is 5.46. The maximum Gasteiger partial charge on any atom is 0.340 e. The third-order valence-corrected chi connectivity index (χ3v) is 3.84. The molecule has 1 aliphatic rings. The van der Waals surface area contributed by atoms with Crippen LogP contribution in [0.3, 0.4) is 0 Å². The lowest BCUT2D eigenvalue weighted by Crippen LogP contribution is -2.29. The van der Waals surface area contributed by atoms with Crippen LogP contribution in [0, 0.1) is 0 Å². The first-order chi connectivity index (χ1) is 10.5. The molecule has 0 aromatic heterocycles. The molecule has 0 radical (unpaired) electrons. The Morgan fingerprint density at radius 2 is 1.91 bits per heavy atom. The third kappa shape index (κ3) is 2.42. The zero-order valence-corrected chi connectivity index (χ0v) is 12.9. The number of hydrogen-bond acceptors (Lipinski definition) is 5. The van der Waals surface area contributed by atoms with E-state index in [-0.39, 0.29) is 16.7 Å². The van der Waals surface area contributed by atoms with Gasteiger partial charge in [0.05, 0.1) is 12.7 Å². The van der Waals surface area contributed by atoms with Crippen molar-refractivity contribution in [3.8, 4) is 5.75 Å². The van der Waals surface area contributed by atoms with Crippen LogP contribution in [0.2, 0.25) is 10.0 Å². The number of ether oxygens (including phenoxy) is 1. The molecule has 1 unspecified atom stereocenters. The molecule has 2 aromatic carbocycles. The molecule has 1 N–H and O–H groups in total. The van der Waals surface area contributed by atoms with Crippen LogP contribution < -0.4 is 10.7 Å². The van der Waals surface area contributed by atoms with E-state index in [1.54, 1.807) is 18.2 Å². The molecule has 0 saturated carbocycles. The molecule has 0 saturated heterocycles. The highest BCUT2D eigenvalue weighted by Crippen LogP contribution is 2.30. The van der Waals surface area contributed by atoms with Crippen LogP contribution in [0.4, 0.5) is 0 Å². The summed E-state index contributed by atoms with van der Waals surface area (Å²) in [6, 6.07) is 7.81. The second kappa shape index (κ2) is 5.59. The lowest BCUT2D eigenvalue weighted by Gasteiger charge is -2.07. The Morgan fingerprint density at radius 3 is 2.59 bits per heavy atom. The summed E-state index contributed by atoms with van der Waals surface area (Å²) in [5, 5.41) is 11.4. The third-order valence-electron chi connectivity index (χ3n) is 3.28. The average Bonchev–Trinajstić information content (AvgIpc) is 2.92. The van der Waals surface area contributed by atoms with Crippen LogP contribution >= 0.6 is 23.2 Å². The van der Waals surface area contributed by atoms with E-state index < -0.39 is 12.1 Å². The van der Waals surface area contributed by atoms with Crippen molar-refractivity contribution in [1.29, 1.82) is 0 Å². The molecule has 7 heteroatoms. The lowest BCUT2D eigenvalue weighted by atomic mass is 10.2. The number of hydrogen-bond donors (Lipinski definition) is 1. The summed E-state index contributed by atoms with van der Waals surface area (Å²) in [6.07, 6.45) is -0.642. The van der Waals surface area contributed by atoms with Gasteiger partial charge in [0.2, 0.25) is 0 Å². The fourth-order valence-electron chi connectivity index (χ4n) is 2.23. The Labute approximate surface area is 135 Å².